The quantitative estimate of drug-likeness (QED) is 0.654. The van der Waals surface area contributed by atoms with Crippen LogP contribution >= 0.6 is 11.6 Å². The minimum absolute atomic E-state index is 0.111. The first-order chi connectivity index (χ1) is 15.4. The molecular weight excluding hydrogens is 437 g/mol. The number of benzene rings is 1. The molecule has 2 aliphatic heterocycles. The number of pyridine rings is 1. The number of ether oxygens (including phenoxy) is 1. The maximum atomic E-state index is 13.2. The summed E-state index contributed by atoms with van der Waals surface area (Å²) >= 11 is 5.95. The number of amides is 2. The Bertz CT molecular complexity index is 976. The van der Waals surface area contributed by atoms with Crippen molar-refractivity contribution in [2.45, 2.75) is 31.5 Å². The lowest BCUT2D eigenvalue weighted by Crippen LogP contribution is -2.56. The molecule has 4 rings (SSSR count). The highest BCUT2D eigenvalue weighted by atomic mass is 35.5. The van der Waals surface area contributed by atoms with Crippen molar-refractivity contribution in [3.8, 4) is 5.88 Å². The highest BCUT2D eigenvalue weighted by Crippen LogP contribution is 2.31. The summed E-state index contributed by atoms with van der Waals surface area (Å²) in [5.41, 5.74) is 6.67. The Kier molecular flexibility index (Phi) is 6.88. The van der Waals surface area contributed by atoms with Gasteiger partial charge in [-0.05, 0) is 36.6 Å². The number of hydrogen-bond acceptors (Lipinski definition) is 6. The second kappa shape index (κ2) is 9.81. The van der Waals surface area contributed by atoms with E-state index in [1.54, 1.807) is 12.1 Å². The number of piperazine rings is 1. The molecule has 2 fully saturated rings. The summed E-state index contributed by atoms with van der Waals surface area (Å²) in [6.07, 6.45) is 3.26. The maximum Gasteiger partial charge on any atom is 0.261 e. The van der Waals surface area contributed by atoms with Gasteiger partial charge in [-0.3, -0.25) is 14.5 Å². The molecule has 1 aromatic carbocycles. The molecule has 2 aliphatic rings. The predicted molar refractivity (Wildman–Crippen MR) is 118 cm³/mol. The number of carbonyl (C=O) groups is 2. The van der Waals surface area contributed by atoms with Crippen molar-refractivity contribution >= 4 is 29.1 Å². The molecule has 2 aromatic rings. The van der Waals surface area contributed by atoms with Gasteiger partial charge in [-0.15, -0.1) is 0 Å². The van der Waals surface area contributed by atoms with Crippen LogP contribution in [0.2, 0.25) is 5.02 Å². The predicted octanol–water partition coefficient (Wildman–Crippen LogP) is 2.03. The van der Waals surface area contributed by atoms with E-state index in [-0.39, 0.29) is 48.5 Å². The molecule has 170 valence electrons. The van der Waals surface area contributed by atoms with Gasteiger partial charge in [0.15, 0.2) is 6.61 Å². The van der Waals surface area contributed by atoms with E-state index in [0.717, 1.165) is 38.0 Å². The maximum absolute atomic E-state index is 13.2. The van der Waals surface area contributed by atoms with Crippen LogP contribution in [0, 0.1) is 5.82 Å². The number of halogens is 2. The molecule has 0 spiro atoms. The van der Waals surface area contributed by atoms with Crippen LogP contribution in [0.15, 0.2) is 36.5 Å². The van der Waals surface area contributed by atoms with Crippen molar-refractivity contribution in [3.63, 3.8) is 0 Å². The lowest BCUT2D eigenvalue weighted by Gasteiger charge is -2.41. The van der Waals surface area contributed by atoms with Gasteiger partial charge in [0.05, 0.1) is 11.6 Å². The molecule has 3 N–H and O–H groups in total. The summed E-state index contributed by atoms with van der Waals surface area (Å²) in [6, 6.07) is 8.25. The third kappa shape index (κ3) is 5.17. The highest BCUT2D eigenvalue weighted by molar-refractivity contribution is 6.30. The van der Waals surface area contributed by atoms with Crippen LogP contribution in [0.4, 0.5) is 10.1 Å². The highest BCUT2D eigenvalue weighted by Gasteiger charge is 2.42. The van der Waals surface area contributed by atoms with E-state index in [4.69, 9.17) is 22.1 Å². The second-order valence-electron chi connectivity index (χ2n) is 8.05. The molecule has 1 aromatic heterocycles. The summed E-state index contributed by atoms with van der Waals surface area (Å²) in [7, 11) is 0. The Hall–Kier alpha value is -2.75. The first kappa shape index (κ1) is 22.4. The average Bonchev–Trinajstić information content (AvgIpc) is 3.05. The number of fused-ring (bicyclic) bond motifs is 2. The van der Waals surface area contributed by atoms with Crippen LogP contribution < -0.4 is 15.8 Å². The zero-order chi connectivity index (χ0) is 22.7. The molecule has 0 aliphatic carbocycles. The van der Waals surface area contributed by atoms with E-state index < -0.39 is 5.91 Å². The first-order valence-corrected chi connectivity index (χ1v) is 10.9. The van der Waals surface area contributed by atoms with Gasteiger partial charge in [-0.2, -0.15) is 0 Å². The fourth-order valence-electron chi connectivity index (χ4n) is 4.41. The molecule has 2 unspecified atom stereocenters. The number of nitrogens with zero attached hydrogens (tertiary/aromatic N) is 3. The van der Waals surface area contributed by atoms with Gasteiger partial charge < -0.3 is 20.7 Å². The fraction of sp³-hybridized carbons (Fsp3) is 0.409. The number of anilines is 1. The number of carbonyl (C=O) groups excluding carboxylic acids is 2. The van der Waals surface area contributed by atoms with Crippen LogP contribution in [-0.4, -0.2) is 64.9 Å². The molecule has 2 bridgehead atoms. The monoisotopic (exact) mass is 461 g/mol. The molecule has 0 saturated carbocycles. The van der Waals surface area contributed by atoms with E-state index in [1.165, 1.54) is 24.4 Å². The fourth-order valence-corrected chi connectivity index (χ4v) is 4.57. The van der Waals surface area contributed by atoms with Crippen molar-refractivity contribution in [2.24, 2.45) is 5.73 Å². The van der Waals surface area contributed by atoms with Crippen LogP contribution in [0.25, 0.3) is 0 Å². The van der Waals surface area contributed by atoms with Gasteiger partial charge in [-0.25, -0.2) is 9.37 Å². The standard InChI is InChI=1S/C22H25ClFN5O3/c23-15-7-19(27-20(30)8-25)22(26-9-15)32-13-21(31)29-17-5-6-18(29)12-28(11-17)10-14-1-3-16(24)4-2-14/h1-4,7,9,17-18H,5-6,8,10-13,25H2,(H,27,30). The molecular formula is C22H25ClFN5O3. The molecule has 2 amide bonds. The number of nitrogens with one attached hydrogen (secondary N) is 1. The normalized spacial score (nSPS) is 20.3. The van der Waals surface area contributed by atoms with E-state index in [2.05, 4.69) is 15.2 Å². The van der Waals surface area contributed by atoms with Crippen LogP contribution in [-0.2, 0) is 16.1 Å². The van der Waals surface area contributed by atoms with Gasteiger partial charge in [0.1, 0.15) is 11.5 Å². The van der Waals surface area contributed by atoms with E-state index in [9.17, 15) is 14.0 Å². The van der Waals surface area contributed by atoms with Gasteiger partial charge >= 0.3 is 0 Å². The minimum Gasteiger partial charge on any atom is -0.466 e. The third-order valence-corrected chi connectivity index (χ3v) is 5.98. The molecule has 8 nitrogen and oxygen atoms in total. The average molecular weight is 462 g/mol. The van der Waals surface area contributed by atoms with Crippen LogP contribution in [0.1, 0.15) is 18.4 Å². The van der Waals surface area contributed by atoms with Gasteiger partial charge in [0, 0.05) is 37.9 Å². The van der Waals surface area contributed by atoms with Gasteiger partial charge in [0.2, 0.25) is 11.8 Å². The van der Waals surface area contributed by atoms with E-state index in [1.807, 2.05) is 4.90 Å². The van der Waals surface area contributed by atoms with E-state index >= 15 is 0 Å². The summed E-state index contributed by atoms with van der Waals surface area (Å²) in [6.45, 7) is 1.86. The van der Waals surface area contributed by atoms with E-state index in [0.29, 0.717) is 5.02 Å². The minimum atomic E-state index is -0.416. The molecule has 3 heterocycles. The van der Waals surface area contributed by atoms with Crippen molar-refractivity contribution in [3.05, 3.63) is 52.9 Å². The summed E-state index contributed by atoms with van der Waals surface area (Å²) in [5, 5.41) is 2.90. The summed E-state index contributed by atoms with van der Waals surface area (Å²) in [5.74, 6) is -0.663. The summed E-state index contributed by atoms with van der Waals surface area (Å²) in [4.78, 5) is 32.9. The lowest BCUT2D eigenvalue weighted by molar-refractivity contribution is -0.139. The number of hydrogen-bond donors (Lipinski definition) is 2. The Morgan fingerprint density at radius 2 is 1.91 bits per heavy atom. The van der Waals surface area contributed by atoms with Gasteiger partial charge in [-0.1, -0.05) is 23.7 Å². The topological polar surface area (TPSA) is 101 Å². The number of rotatable bonds is 7. The second-order valence-corrected chi connectivity index (χ2v) is 8.49. The third-order valence-electron chi connectivity index (χ3n) is 5.77. The molecule has 0 radical (unpaired) electrons. The van der Waals surface area contributed by atoms with Crippen molar-refractivity contribution < 1.29 is 18.7 Å². The Labute approximate surface area is 190 Å². The molecule has 2 atom stereocenters. The number of nitrogens with two attached hydrogens (primary N) is 1. The number of likely N-dealkylation sites (tertiary alicyclic amines) is 1. The van der Waals surface area contributed by atoms with Gasteiger partial charge in [0.25, 0.3) is 5.91 Å². The zero-order valence-corrected chi connectivity index (χ0v) is 18.2. The lowest BCUT2D eigenvalue weighted by atomic mass is 10.1. The molecule has 32 heavy (non-hydrogen) atoms. The molecule has 2 saturated heterocycles. The van der Waals surface area contributed by atoms with Crippen molar-refractivity contribution in [2.75, 3.05) is 31.6 Å². The number of aromatic nitrogens is 1. The Morgan fingerprint density at radius 1 is 1.22 bits per heavy atom. The zero-order valence-electron chi connectivity index (χ0n) is 17.5. The van der Waals surface area contributed by atoms with Crippen LogP contribution in [0.5, 0.6) is 5.88 Å². The Balaban J connectivity index is 1.36. The van der Waals surface area contributed by atoms with Crippen molar-refractivity contribution in [1.82, 2.24) is 14.8 Å². The SMILES string of the molecule is NCC(=O)Nc1cc(Cl)cnc1OCC(=O)N1C2CCC1CN(Cc1ccc(F)cc1)C2. The largest absolute Gasteiger partial charge is 0.466 e. The Morgan fingerprint density at radius 3 is 2.56 bits per heavy atom. The first-order valence-electron chi connectivity index (χ1n) is 10.5. The van der Waals surface area contributed by atoms with Crippen molar-refractivity contribution in [1.29, 1.82) is 0 Å². The summed E-state index contributed by atoms with van der Waals surface area (Å²) < 4.78 is 18.8. The smallest absolute Gasteiger partial charge is 0.261 e. The van der Waals surface area contributed by atoms with Crippen LogP contribution in [0.3, 0.4) is 0 Å². The molecule has 10 heteroatoms.